The molecule has 0 radical (unpaired) electrons. The van der Waals surface area contributed by atoms with Crippen molar-refractivity contribution in [2.24, 2.45) is 4.99 Å². The lowest BCUT2D eigenvalue weighted by Crippen LogP contribution is -2.22. The first-order valence-corrected chi connectivity index (χ1v) is 5.83. The molecular formula is C13H21N3O. The molecule has 0 aliphatic rings. The Kier molecular flexibility index (Phi) is 6.79. The van der Waals surface area contributed by atoms with Crippen molar-refractivity contribution in [3.8, 4) is 0 Å². The van der Waals surface area contributed by atoms with Gasteiger partial charge < -0.3 is 0 Å². The van der Waals surface area contributed by atoms with Gasteiger partial charge in [0.2, 0.25) is 0 Å². The Balaban J connectivity index is 0.00000121. The van der Waals surface area contributed by atoms with Crippen molar-refractivity contribution in [1.82, 2.24) is 9.55 Å². The molecule has 0 aromatic carbocycles. The molecule has 17 heavy (non-hydrogen) atoms. The maximum absolute atomic E-state index is 11.6. The quantitative estimate of drug-likeness (QED) is 0.756. The summed E-state index contributed by atoms with van der Waals surface area (Å²) in [4.78, 5) is 19.5. The highest BCUT2D eigenvalue weighted by Crippen LogP contribution is 2.08. The minimum absolute atomic E-state index is 0.246. The molecule has 0 bridgehead atoms. The lowest BCUT2D eigenvalue weighted by atomic mass is 10.1. The maximum atomic E-state index is 11.6. The fraction of sp³-hybridized carbons (Fsp3) is 0.462. The first-order chi connectivity index (χ1) is 8.06. The van der Waals surface area contributed by atoms with E-state index in [0.717, 1.165) is 5.69 Å². The van der Waals surface area contributed by atoms with Gasteiger partial charge in [-0.3, -0.25) is 4.57 Å². The normalized spacial score (nSPS) is 10.2. The Morgan fingerprint density at radius 1 is 1.53 bits per heavy atom. The third-order valence-electron chi connectivity index (χ3n) is 1.97. The third kappa shape index (κ3) is 4.34. The Bertz CT molecular complexity index is 444. The Hall–Kier alpha value is -1.71. The van der Waals surface area contributed by atoms with Crippen LogP contribution in [0.1, 0.15) is 46.2 Å². The summed E-state index contributed by atoms with van der Waals surface area (Å²) in [7, 11) is 0. The van der Waals surface area contributed by atoms with Gasteiger partial charge in [0.05, 0.1) is 5.69 Å². The smallest absolute Gasteiger partial charge is 0.252 e. The number of aliphatic imine (C=N–C) groups is 1. The van der Waals surface area contributed by atoms with E-state index in [1.807, 2.05) is 33.8 Å². The van der Waals surface area contributed by atoms with Crippen LogP contribution in [-0.2, 0) is 0 Å². The van der Waals surface area contributed by atoms with Gasteiger partial charge in [-0.05, 0) is 18.9 Å². The Morgan fingerprint density at radius 2 is 2.12 bits per heavy atom. The van der Waals surface area contributed by atoms with Gasteiger partial charge in [0.25, 0.3) is 0 Å². The predicted octanol–water partition coefficient (Wildman–Crippen LogP) is 2.91. The number of rotatable bonds is 3. The van der Waals surface area contributed by atoms with Gasteiger partial charge >= 0.3 is 5.69 Å². The Morgan fingerprint density at radius 3 is 2.53 bits per heavy atom. The van der Waals surface area contributed by atoms with Crippen molar-refractivity contribution >= 4 is 12.0 Å². The van der Waals surface area contributed by atoms with Gasteiger partial charge in [-0.25, -0.2) is 9.79 Å². The lowest BCUT2D eigenvalue weighted by molar-refractivity contribution is 0.781. The SMILES string of the molecule is C=C(/N=C/C)n1ccc(C(C)C)nc1=O.CC. The molecule has 1 heterocycles. The monoisotopic (exact) mass is 235 g/mol. The van der Waals surface area contributed by atoms with E-state index in [0.29, 0.717) is 5.82 Å². The molecule has 0 aliphatic heterocycles. The standard InChI is InChI=1S/C11H15N3O.C2H6/c1-5-12-9(4)14-7-6-10(8(2)3)13-11(14)15;1-2/h5-8H,4H2,1-3H3;1-2H3/b12-5+;. The summed E-state index contributed by atoms with van der Waals surface area (Å²) in [5.74, 6) is 0.626. The molecule has 0 unspecified atom stereocenters. The summed E-state index contributed by atoms with van der Waals surface area (Å²) >= 11 is 0. The first kappa shape index (κ1) is 15.3. The number of nitrogens with zero attached hydrogens (tertiary/aromatic N) is 3. The van der Waals surface area contributed by atoms with E-state index in [1.165, 1.54) is 4.57 Å². The van der Waals surface area contributed by atoms with E-state index in [-0.39, 0.29) is 11.6 Å². The minimum atomic E-state index is -0.336. The zero-order chi connectivity index (χ0) is 13.4. The van der Waals surface area contributed by atoms with Gasteiger partial charge in [-0.1, -0.05) is 34.3 Å². The zero-order valence-corrected chi connectivity index (χ0v) is 11.3. The van der Waals surface area contributed by atoms with Crippen molar-refractivity contribution in [3.05, 3.63) is 35.0 Å². The summed E-state index contributed by atoms with van der Waals surface area (Å²) in [5.41, 5.74) is 0.446. The van der Waals surface area contributed by atoms with Gasteiger partial charge in [-0.15, -0.1) is 0 Å². The van der Waals surface area contributed by atoms with E-state index in [9.17, 15) is 4.79 Å². The summed E-state index contributed by atoms with van der Waals surface area (Å²) in [6.07, 6.45) is 3.24. The summed E-state index contributed by atoms with van der Waals surface area (Å²) in [5, 5.41) is 0. The molecule has 0 aliphatic carbocycles. The molecule has 4 nitrogen and oxygen atoms in total. The molecule has 0 fully saturated rings. The van der Waals surface area contributed by atoms with Crippen LogP contribution in [0.3, 0.4) is 0 Å². The fourth-order valence-corrected chi connectivity index (χ4v) is 1.15. The second-order valence-electron chi connectivity index (χ2n) is 3.46. The summed E-state index contributed by atoms with van der Waals surface area (Å²) < 4.78 is 1.33. The maximum Gasteiger partial charge on any atom is 0.353 e. The molecule has 0 spiro atoms. The second kappa shape index (κ2) is 7.54. The third-order valence-corrected chi connectivity index (χ3v) is 1.97. The summed E-state index contributed by atoms with van der Waals surface area (Å²) in [6, 6.07) is 1.81. The lowest BCUT2D eigenvalue weighted by Gasteiger charge is -2.06. The van der Waals surface area contributed by atoms with Crippen LogP contribution in [0.5, 0.6) is 0 Å². The van der Waals surface area contributed by atoms with Gasteiger partial charge in [0, 0.05) is 12.4 Å². The van der Waals surface area contributed by atoms with Crippen molar-refractivity contribution < 1.29 is 0 Å². The van der Waals surface area contributed by atoms with E-state index in [2.05, 4.69) is 16.6 Å². The molecule has 0 saturated heterocycles. The zero-order valence-electron chi connectivity index (χ0n) is 11.3. The van der Waals surface area contributed by atoms with Crippen LogP contribution in [0.2, 0.25) is 0 Å². The Labute approximate surface area is 103 Å². The molecule has 0 N–H and O–H groups in total. The molecule has 94 valence electrons. The topological polar surface area (TPSA) is 47.2 Å². The second-order valence-corrected chi connectivity index (χ2v) is 3.46. The predicted molar refractivity (Wildman–Crippen MR) is 73.4 cm³/mol. The van der Waals surface area contributed by atoms with Crippen LogP contribution >= 0.6 is 0 Å². The van der Waals surface area contributed by atoms with E-state index >= 15 is 0 Å². The van der Waals surface area contributed by atoms with E-state index < -0.39 is 0 Å². The van der Waals surface area contributed by atoms with Crippen molar-refractivity contribution in [2.45, 2.75) is 40.5 Å². The largest absolute Gasteiger partial charge is 0.353 e. The van der Waals surface area contributed by atoms with Crippen LogP contribution in [0.15, 0.2) is 28.6 Å². The van der Waals surface area contributed by atoms with Crippen molar-refractivity contribution in [3.63, 3.8) is 0 Å². The number of aromatic nitrogens is 2. The minimum Gasteiger partial charge on any atom is -0.252 e. The van der Waals surface area contributed by atoms with E-state index in [1.54, 1.807) is 19.3 Å². The van der Waals surface area contributed by atoms with Gasteiger partial charge in [0.1, 0.15) is 5.82 Å². The van der Waals surface area contributed by atoms with Crippen LogP contribution in [0.25, 0.3) is 5.82 Å². The highest BCUT2D eigenvalue weighted by molar-refractivity contribution is 5.62. The molecule has 1 aromatic rings. The molecule has 4 heteroatoms. The first-order valence-electron chi connectivity index (χ1n) is 5.83. The number of hydrogen-bond donors (Lipinski definition) is 0. The molecule has 1 rings (SSSR count). The summed E-state index contributed by atoms with van der Waals surface area (Å²) in [6.45, 7) is 13.4. The highest BCUT2D eigenvalue weighted by atomic mass is 16.1. The fourth-order valence-electron chi connectivity index (χ4n) is 1.15. The molecule has 0 saturated carbocycles. The molecule has 1 aromatic heterocycles. The molecule has 0 amide bonds. The van der Waals surface area contributed by atoms with Crippen LogP contribution in [0, 0.1) is 0 Å². The van der Waals surface area contributed by atoms with Crippen LogP contribution < -0.4 is 5.69 Å². The van der Waals surface area contributed by atoms with Crippen LogP contribution in [0.4, 0.5) is 0 Å². The number of hydrogen-bond acceptors (Lipinski definition) is 3. The van der Waals surface area contributed by atoms with Crippen molar-refractivity contribution in [1.29, 1.82) is 0 Å². The van der Waals surface area contributed by atoms with Crippen molar-refractivity contribution in [2.75, 3.05) is 0 Å². The van der Waals surface area contributed by atoms with E-state index in [4.69, 9.17) is 0 Å². The molecule has 0 atom stereocenters. The van der Waals surface area contributed by atoms with Gasteiger partial charge in [0.15, 0.2) is 0 Å². The average molecular weight is 235 g/mol. The van der Waals surface area contributed by atoms with Gasteiger partial charge in [-0.2, -0.15) is 4.98 Å². The average Bonchev–Trinajstić information content (AvgIpc) is 2.31. The molecular weight excluding hydrogens is 214 g/mol. The highest BCUT2D eigenvalue weighted by Gasteiger charge is 2.04. The van der Waals surface area contributed by atoms with Crippen LogP contribution in [-0.4, -0.2) is 15.8 Å².